The maximum absolute atomic E-state index is 12.8. The number of rotatable bonds is 36. The van der Waals surface area contributed by atoms with E-state index in [0.717, 1.165) is 64.2 Å². The van der Waals surface area contributed by atoms with Gasteiger partial charge in [0.05, 0.1) is 52.1 Å². The van der Waals surface area contributed by atoms with Gasteiger partial charge < -0.3 is 33.6 Å². The minimum atomic E-state index is -4.59. The van der Waals surface area contributed by atoms with Crippen molar-refractivity contribution in [3.8, 4) is 0 Å². The molecule has 1 rings (SSSR count). The average molecular weight is 743 g/mol. The number of aliphatic hydroxyl groups excluding tert-OH is 1. The zero-order valence-corrected chi connectivity index (χ0v) is 34.4. The van der Waals surface area contributed by atoms with Crippen molar-refractivity contribution >= 4 is 13.7 Å². The Morgan fingerprint density at radius 1 is 0.784 bits per heavy atom. The molecule has 0 spiro atoms. The standard InChI is InChI=1S/C41H79N2O7P/c1-6-8-10-12-14-15-16-17-18-19-20-22-26-30-38(44)37(36-49-51(46,47)48-35-34-43(3,4)5)42-41(45)33-29-25-21-24-28-32-40-39(50-40)31-27-23-13-11-9-7-2/h23,26-27,30,37-40,44H,6-22,24-25,28-29,31-36H2,1-5H3,(H-,42,45,46,47)/b27-23-,30-26+/t37-,38+,39?,40?/m0/s1. The highest BCUT2D eigenvalue weighted by atomic mass is 31.2. The van der Waals surface area contributed by atoms with E-state index < -0.39 is 20.0 Å². The first-order valence-electron chi connectivity index (χ1n) is 20.8. The lowest BCUT2D eigenvalue weighted by Gasteiger charge is -2.29. The molecule has 0 aromatic heterocycles. The quantitative estimate of drug-likeness (QED) is 0.0216. The van der Waals surface area contributed by atoms with Crippen LogP contribution in [0, 0.1) is 0 Å². The first-order valence-corrected chi connectivity index (χ1v) is 22.3. The number of carbonyl (C=O) groups is 1. The van der Waals surface area contributed by atoms with E-state index in [-0.39, 0.29) is 19.1 Å². The Morgan fingerprint density at radius 3 is 1.98 bits per heavy atom. The SMILES string of the molecule is CCCCC/C=C\CC1OC1CCCCCCCC(=O)N[C@@H](COP(=O)([O-])OCC[N+](C)(C)C)[C@H](O)/C=C/CCCCCCCCCCCCC. The van der Waals surface area contributed by atoms with Crippen molar-refractivity contribution in [2.24, 2.45) is 0 Å². The molecule has 0 saturated carbocycles. The number of phosphoric acid groups is 1. The number of epoxide rings is 1. The van der Waals surface area contributed by atoms with Gasteiger partial charge in [-0.3, -0.25) is 9.36 Å². The molecule has 300 valence electrons. The lowest BCUT2D eigenvalue weighted by atomic mass is 10.0. The van der Waals surface area contributed by atoms with Crippen molar-refractivity contribution in [3.05, 3.63) is 24.3 Å². The number of hydrogen-bond acceptors (Lipinski definition) is 7. The third kappa shape index (κ3) is 30.0. The second-order valence-electron chi connectivity index (χ2n) is 15.7. The lowest BCUT2D eigenvalue weighted by Crippen LogP contribution is -2.45. The summed E-state index contributed by atoms with van der Waals surface area (Å²) in [5, 5.41) is 13.7. The lowest BCUT2D eigenvalue weighted by molar-refractivity contribution is -0.870. The van der Waals surface area contributed by atoms with Gasteiger partial charge in [0.1, 0.15) is 13.2 Å². The van der Waals surface area contributed by atoms with Crippen LogP contribution in [0.1, 0.15) is 168 Å². The highest BCUT2D eigenvalue weighted by Gasteiger charge is 2.36. The van der Waals surface area contributed by atoms with Gasteiger partial charge in [-0.2, -0.15) is 0 Å². The van der Waals surface area contributed by atoms with Gasteiger partial charge in [-0.25, -0.2) is 0 Å². The van der Waals surface area contributed by atoms with E-state index in [0.29, 0.717) is 29.7 Å². The predicted octanol–water partition coefficient (Wildman–Crippen LogP) is 9.32. The Labute approximate surface area is 313 Å². The van der Waals surface area contributed by atoms with Gasteiger partial charge in [0.2, 0.25) is 5.91 Å². The molecule has 0 bridgehead atoms. The summed E-state index contributed by atoms with van der Waals surface area (Å²) in [4.78, 5) is 25.3. The van der Waals surface area contributed by atoms with Gasteiger partial charge >= 0.3 is 0 Å². The highest BCUT2D eigenvalue weighted by Crippen LogP contribution is 2.38. The van der Waals surface area contributed by atoms with Gasteiger partial charge in [-0.15, -0.1) is 0 Å². The molecule has 0 aliphatic carbocycles. The fourth-order valence-electron chi connectivity index (χ4n) is 6.10. The molecule has 1 fully saturated rings. The van der Waals surface area contributed by atoms with Gasteiger partial charge in [0, 0.05) is 6.42 Å². The van der Waals surface area contributed by atoms with Crippen LogP contribution in [-0.4, -0.2) is 80.8 Å². The van der Waals surface area contributed by atoms with Crippen LogP contribution in [0.15, 0.2) is 24.3 Å². The fourth-order valence-corrected chi connectivity index (χ4v) is 6.82. The summed E-state index contributed by atoms with van der Waals surface area (Å²) in [7, 11) is 1.24. The molecule has 2 N–H and O–H groups in total. The first-order chi connectivity index (χ1) is 24.5. The van der Waals surface area contributed by atoms with E-state index in [1.807, 2.05) is 27.2 Å². The molecule has 9 nitrogen and oxygen atoms in total. The number of unbranched alkanes of at least 4 members (excludes halogenated alkanes) is 18. The predicted molar refractivity (Wildman–Crippen MR) is 209 cm³/mol. The monoisotopic (exact) mass is 743 g/mol. The molecule has 1 saturated heterocycles. The highest BCUT2D eigenvalue weighted by molar-refractivity contribution is 7.45. The second-order valence-corrected chi connectivity index (χ2v) is 17.1. The summed E-state index contributed by atoms with van der Waals surface area (Å²) < 4.78 is 29.0. The van der Waals surface area contributed by atoms with E-state index in [1.54, 1.807) is 6.08 Å². The molecule has 51 heavy (non-hydrogen) atoms. The zero-order valence-electron chi connectivity index (χ0n) is 33.5. The van der Waals surface area contributed by atoms with Crippen LogP contribution in [-0.2, 0) is 23.1 Å². The number of quaternary nitrogens is 1. The van der Waals surface area contributed by atoms with Crippen LogP contribution in [0.3, 0.4) is 0 Å². The van der Waals surface area contributed by atoms with Crippen molar-refractivity contribution in [1.29, 1.82) is 0 Å². The number of phosphoric ester groups is 1. The molecule has 10 heteroatoms. The van der Waals surface area contributed by atoms with Crippen molar-refractivity contribution < 1.29 is 37.6 Å². The molecular weight excluding hydrogens is 663 g/mol. The summed E-state index contributed by atoms with van der Waals surface area (Å²) >= 11 is 0. The van der Waals surface area contributed by atoms with Crippen LogP contribution in [0.25, 0.3) is 0 Å². The smallest absolute Gasteiger partial charge is 0.268 e. The third-order valence-corrected chi connectivity index (χ3v) is 10.5. The van der Waals surface area contributed by atoms with Crippen molar-refractivity contribution in [3.63, 3.8) is 0 Å². The van der Waals surface area contributed by atoms with E-state index >= 15 is 0 Å². The Kier molecular flexibility index (Phi) is 28.5. The number of aliphatic hydroxyl groups is 1. The number of carbonyl (C=O) groups excluding carboxylic acids is 1. The number of amides is 1. The summed E-state index contributed by atoms with van der Waals surface area (Å²) in [6.07, 6.45) is 35.2. The molecule has 1 amide bonds. The van der Waals surface area contributed by atoms with E-state index in [1.165, 1.54) is 83.5 Å². The molecule has 1 aliphatic heterocycles. The third-order valence-electron chi connectivity index (χ3n) is 9.58. The number of likely N-dealkylation sites (N-methyl/N-ethyl adjacent to an activating group) is 1. The van der Waals surface area contributed by atoms with Crippen molar-refractivity contribution in [1.82, 2.24) is 5.32 Å². The number of nitrogens with zero attached hydrogens (tertiary/aromatic N) is 1. The molecule has 0 aromatic carbocycles. The largest absolute Gasteiger partial charge is 0.756 e. The summed E-state index contributed by atoms with van der Waals surface area (Å²) in [5.74, 6) is -0.218. The Balaban J connectivity index is 2.36. The minimum Gasteiger partial charge on any atom is -0.756 e. The molecule has 1 aliphatic rings. The molecule has 3 unspecified atom stereocenters. The Bertz CT molecular complexity index is 955. The van der Waals surface area contributed by atoms with Crippen LogP contribution in [0.2, 0.25) is 0 Å². The van der Waals surface area contributed by atoms with Crippen LogP contribution in [0.5, 0.6) is 0 Å². The van der Waals surface area contributed by atoms with Crippen LogP contribution >= 0.6 is 7.82 Å². The van der Waals surface area contributed by atoms with E-state index in [4.69, 9.17) is 13.8 Å². The molecule has 5 atom stereocenters. The number of ether oxygens (including phenoxy) is 1. The fraction of sp³-hybridized carbons (Fsp3) is 0.878. The van der Waals surface area contributed by atoms with Gasteiger partial charge in [-0.1, -0.05) is 141 Å². The molecule has 0 aromatic rings. The van der Waals surface area contributed by atoms with E-state index in [9.17, 15) is 19.4 Å². The van der Waals surface area contributed by atoms with Crippen LogP contribution in [0.4, 0.5) is 0 Å². The van der Waals surface area contributed by atoms with Gasteiger partial charge in [0.15, 0.2) is 0 Å². The van der Waals surface area contributed by atoms with Crippen LogP contribution < -0.4 is 10.2 Å². The Hall–Kier alpha value is -1.06. The van der Waals surface area contributed by atoms with Gasteiger partial charge in [-0.05, 0) is 44.9 Å². The molecule has 0 radical (unpaired) electrons. The van der Waals surface area contributed by atoms with Crippen molar-refractivity contribution in [2.75, 3.05) is 40.9 Å². The van der Waals surface area contributed by atoms with Crippen molar-refractivity contribution in [2.45, 2.75) is 192 Å². The number of allylic oxidation sites excluding steroid dienone is 2. The molecule has 1 heterocycles. The molecular formula is C41H79N2O7P. The normalized spacial score (nSPS) is 18.7. The van der Waals surface area contributed by atoms with E-state index in [2.05, 4.69) is 31.3 Å². The number of hydrogen-bond donors (Lipinski definition) is 2. The Morgan fingerprint density at radius 2 is 1.33 bits per heavy atom. The van der Waals surface area contributed by atoms with Gasteiger partial charge in [0.25, 0.3) is 7.82 Å². The maximum Gasteiger partial charge on any atom is 0.268 e. The topological polar surface area (TPSA) is 120 Å². The summed E-state index contributed by atoms with van der Waals surface area (Å²) in [6, 6.07) is -0.895. The number of nitrogens with one attached hydrogen (secondary N) is 1. The second kappa shape index (κ2) is 30.3. The minimum absolute atomic E-state index is 0.00643. The summed E-state index contributed by atoms with van der Waals surface area (Å²) in [6.45, 7) is 4.57. The summed E-state index contributed by atoms with van der Waals surface area (Å²) in [5.41, 5.74) is 0. The first kappa shape index (κ1) is 48.0. The average Bonchev–Trinajstić information content (AvgIpc) is 3.83. The maximum atomic E-state index is 12.8. The zero-order chi connectivity index (χ0) is 37.6.